The van der Waals surface area contributed by atoms with Gasteiger partial charge in [-0.15, -0.1) is 0 Å². The van der Waals surface area contributed by atoms with Crippen LogP contribution in [0.4, 0.5) is 0 Å². The highest BCUT2D eigenvalue weighted by atomic mass is 31.2. The lowest BCUT2D eigenvalue weighted by atomic mass is 10.1. The zero-order valence-electron chi connectivity index (χ0n) is 37.9. The zero-order valence-corrected chi connectivity index (χ0v) is 38.8. The molecule has 0 aliphatic rings. The van der Waals surface area contributed by atoms with E-state index in [4.69, 9.17) is 23.3 Å². The van der Waals surface area contributed by atoms with E-state index in [2.05, 4.69) is 69.4 Å². The fourth-order valence-corrected chi connectivity index (χ4v) is 6.90. The molecule has 2 N–H and O–H groups in total. The Bertz CT molecular complexity index is 1200. The maximum atomic E-state index is 12.8. The van der Waals surface area contributed by atoms with Crippen LogP contribution in [0, 0.1) is 0 Å². The molecule has 0 aromatic carbocycles. The van der Waals surface area contributed by atoms with Crippen molar-refractivity contribution in [1.82, 2.24) is 0 Å². The van der Waals surface area contributed by atoms with Gasteiger partial charge in [-0.05, 0) is 70.6 Å². The Morgan fingerprint density at radius 3 is 1.42 bits per heavy atom. The van der Waals surface area contributed by atoms with Gasteiger partial charge in [0.05, 0.1) is 19.8 Å². The number of allylic oxidation sites excluding steroid dienone is 8. The minimum Gasteiger partial charge on any atom is -0.462 e. The van der Waals surface area contributed by atoms with Crippen LogP contribution in [0.3, 0.4) is 0 Å². The van der Waals surface area contributed by atoms with Crippen molar-refractivity contribution in [2.45, 2.75) is 213 Å². The van der Waals surface area contributed by atoms with E-state index in [0.29, 0.717) is 19.3 Å². The average molecular weight is 869 g/mol. The first-order valence-electron chi connectivity index (χ1n) is 23.5. The molecule has 0 rings (SSSR count). The summed E-state index contributed by atoms with van der Waals surface area (Å²) in [5, 5.41) is 9.72. The lowest BCUT2D eigenvalue weighted by Gasteiger charge is -2.21. The summed E-state index contributed by atoms with van der Waals surface area (Å²) in [5.41, 5.74) is 0. The van der Waals surface area contributed by atoms with Crippen molar-refractivity contribution in [3.05, 3.63) is 48.6 Å². The molecule has 0 amide bonds. The van der Waals surface area contributed by atoms with E-state index in [9.17, 15) is 28.9 Å². The highest BCUT2D eigenvalue weighted by Crippen LogP contribution is 2.43. The van der Waals surface area contributed by atoms with Crippen LogP contribution in [-0.2, 0) is 42.2 Å². The number of carbonyl (C=O) groups excluding carboxylic acids is 3. The van der Waals surface area contributed by atoms with Gasteiger partial charge in [0.2, 0.25) is 0 Å². The molecule has 0 aliphatic carbocycles. The molecule has 0 radical (unpaired) electrons. The van der Waals surface area contributed by atoms with Crippen molar-refractivity contribution in [1.29, 1.82) is 0 Å². The Kier molecular flexibility index (Phi) is 41.3. The minimum atomic E-state index is -4.74. The minimum absolute atomic E-state index is 0.133. The smallest absolute Gasteiger partial charge is 0.462 e. The van der Waals surface area contributed by atoms with Crippen LogP contribution < -0.4 is 0 Å². The number of ether oxygens (including phenoxy) is 3. The lowest BCUT2D eigenvalue weighted by Crippen LogP contribution is -2.30. The second-order valence-corrected chi connectivity index (χ2v) is 17.0. The van der Waals surface area contributed by atoms with E-state index < -0.39 is 57.8 Å². The SMILES string of the molecule is CC/C=C\C/C=C\C/C=C\CCCCCC(=O)OC(COC(=O)CCCCCCCCCCC)COP(=O)(O)OCC(CO)OC(=O)CCCCCCC/C=C\CCCC. The molecule has 11 nitrogen and oxygen atoms in total. The summed E-state index contributed by atoms with van der Waals surface area (Å²) in [6.07, 6.45) is 41.0. The largest absolute Gasteiger partial charge is 0.472 e. The number of rotatable bonds is 43. The number of esters is 3. The first-order valence-corrected chi connectivity index (χ1v) is 25.0. The Morgan fingerprint density at radius 1 is 0.483 bits per heavy atom. The third kappa shape index (κ3) is 40.8. The molecule has 3 atom stereocenters. The molecule has 60 heavy (non-hydrogen) atoms. The Hall–Kier alpha value is -2.56. The van der Waals surface area contributed by atoms with Crippen molar-refractivity contribution < 1.29 is 52.2 Å². The summed E-state index contributed by atoms with van der Waals surface area (Å²) in [7, 11) is -4.74. The normalized spacial score (nSPS) is 14.0. The van der Waals surface area contributed by atoms with Gasteiger partial charge in [0.1, 0.15) is 12.7 Å². The molecule has 12 heteroatoms. The maximum absolute atomic E-state index is 12.8. The zero-order chi connectivity index (χ0) is 44.2. The first-order chi connectivity index (χ1) is 29.2. The molecule has 0 aromatic rings. The highest BCUT2D eigenvalue weighted by molar-refractivity contribution is 7.47. The van der Waals surface area contributed by atoms with E-state index in [1.807, 2.05) is 0 Å². The number of aliphatic hydroxyl groups is 1. The van der Waals surface area contributed by atoms with Crippen LogP contribution in [0.25, 0.3) is 0 Å². The van der Waals surface area contributed by atoms with Crippen LogP contribution in [0.15, 0.2) is 48.6 Å². The molecule has 3 unspecified atom stereocenters. The number of hydrogen-bond donors (Lipinski definition) is 2. The quantitative estimate of drug-likeness (QED) is 0.0198. The third-order valence-electron chi connectivity index (χ3n) is 9.74. The molecule has 0 bridgehead atoms. The number of phosphoric acid groups is 1. The number of aliphatic hydroxyl groups excluding tert-OH is 1. The van der Waals surface area contributed by atoms with Crippen LogP contribution in [-0.4, -0.2) is 66.5 Å². The summed E-state index contributed by atoms with van der Waals surface area (Å²) in [4.78, 5) is 48.0. The van der Waals surface area contributed by atoms with Crippen molar-refractivity contribution in [2.75, 3.05) is 26.4 Å². The molecule has 0 spiro atoms. The summed E-state index contributed by atoms with van der Waals surface area (Å²) in [6, 6.07) is 0. The van der Waals surface area contributed by atoms with Gasteiger partial charge in [0.25, 0.3) is 0 Å². The van der Waals surface area contributed by atoms with E-state index in [-0.39, 0.29) is 25.9 Å². The standard InChI is InChI=1S/C48H85O11P/c1-4-7-10-13-16-19-21-22-24-27-30-33-36-39-48(52)59-45(41-55-46(50)37-34-31-28-25-18-15-12-9-6-3)43-57-60(53,54)56-42-44(40-49)58-47(51)38-35-32-29-26-23-20-17-14-11-8-5-2/h7,10,14,16-17,19,22,24,44-45,49H,4-6,8-9,11-13,15,18,20-21,23,25-43H2,1-3H3,(H,53,54)/b10-7-,17-14-,19-16-,24-22-. The topological polar surface area (TPSA) is 155 Å². The van der Waals surface area contributed by atoms with E-state index in [1.165, 1.54) is 44.9 Å². The average Bonchev–Trinajstić information content (AvgIpc) is 3.23. The Balaban J connectivity index is 4.79. The van der Waals surface area contributed by atoms with Gasteiger partial charge in [-0.3, -0.25) is 23.4 Å². The van der Waals surface area contributed by atoms with Crippen LogP contribution in [0.2, 0.25) is 0 Å². The predicted octanol–water partition coefficient (Wildman–Crippen LogP) is 12.7. The number of unbranched alkanes of at least 4 members (excludes halogenated alkanes) is 18. The van der Waals surface area contributed by atoms with Gasteiger partial charge < -0.3 is 24.2 Å². The summed E-state index contributed by atoms with van der Waals surface area (Å²) in [6.45, 7) is 4.39. The fourth-order valence-electron chi connectivity index (χ4n) is 6.11. The summed E-state index contributed by atoms with van der Waals surface area (Å²) < 4.78 is 39.1. The molecule has 0 saturated heterocycles. The van der Waals surface area contributed by atoms with Crippen molar-refractivity contribution in [2.24, 2.45) is 0 Å². The van der Waals surface area contributed by atoms with Gasteiger partial charge in [0.15, 0.2) is 6.10 Å². The molecule has 0 aliphatic heterocycles. The molecule has 348 valence electrons. The highest BCUT2D eigenvalue weighted by Gasteiger charge is 2.28. The molecular formula is C48H85O11P. The predicted molar refractivity (Wildman–Crippen MR) is 242 cm³/mol. The molecule has 0 saturated carbocycles. The van der Waals surface area contributed by atoms with Crippen molar-refractivity contribution >= 4 is 25.7 Å². The van der Waals surface area contributed by atoms with E-state index >= 15 is 0 Å². The van der Waals surface area contributed by atoms with Crippen molar-refractivity contribution in [3.63, 3.8) is 0 Å². The monoisotopic (exact) mass is 869 g/mol. The molecule has 0 heterocycles. The van der Waals surface area contributed by atoms with Gasteiger partial charge in [-0.1, -0.05) is 159 Å². The van der Waals surface area contributed by atoms with E-state index in [0.717, 1.165) is 96.3 Å². The second-order valence-electron chi connectivity index (χ2n) is 15.5. The van der Waals surface area contributed by atoms with Gasteiger partial charge >= 0.3 is 25.7 Å². The first kappa shape index (κ1) is 57.4. The maximum Gasteiger partial charge on any atom is 0.472 e. The number of carbonyl (C=O) groups is 3. The molecule has 0 aromatic heterocycles. The summed E-state index contributed by atoms with van der Waals surface area (Å²) in [5.74, 6) is -1.51. The Labute approximate surface area is 364 Å². The molecule has 0 fully saturated rings. The number of hydrogen-bond acceptors (Lipinski definition) is 10. The Morgan fingerprint density at radius 2 is 0.883 bits per heavy atom. The lowest BCUT2D eigenvalue weighted by molar-refractivity contribution is -0.161. The molecular weight excluding hydrogens is 783 g/mol. The van der Waals surface area contributed by atoms with Crippen LogP contribution >= 0.6 is 7.82 Å². The van der Waals surface area contributed by atoms with Crippen LogP contribution in [0.5, 0.6) is 0 Å². The van der Waals surface area contributed by atoms with E-state index in [1.54, 1.807) is 0 Å². The second kappa shape index (κ2) is 43.1. The van der Waals surface area contributed by atoms with Gasteiger partial charge in [-0.25, -0.2) is 4.57 Å². The number of phosphoric ester groups is 1. The third-order valence-corrected chi connectivity index (χ3v) is 10.7. The fraction of sp³-hybridized carbons (Fsp3) is 0.771. The summed E-state index contributed by atoms with van der Waals surface area (Å²) >= 11 is 0. The van der Waals surface area contributed by atoms with Crippen LogP contribution in [0.1, 0.15) is 201 Å². The van der Waals surface area contributed by atoms with Crippen molar-refractivity contribution in [3.8, 4) is 0 Å². The van der Waals surface area contributed by atoms with Gasteiger partial charge in [0, 0.05) is 19.3 Å². The van der Waals surface area contributed by atoms with Gasteiger partial charge in [-0.2, -0.15) is 0 Å².